The van der Waals surface area contributed by atoms with Gasteiger partial charge in [-0.2, -0.15) is 0 Å². The molecule has 7 nitrogen and oxygen atoms in total. The largest absolute Gasteiger partial charge is 0.699 e. The number of hydrogen-bond acceptors (Lipinski definition) is 5. The van der Waals surface area contributed by atoms with Crippen molar-refractivity contribution in [2.75, 3.05) is 0 Å². The van der Waals surface area contributed by atoms with Crippen molar-refractivity contribution in [2.24, 2.45) is 11.7 Å². The molecule has 0 aliphatic heterocycles. The fourth-order valence-electron chi connectivity index (χ4n) is 0.896. The van der Waals surface area contributed by atoms with Gasteiger partial charge in [-0.15, -0.1) is 9.79 Å². The minimum absolute atomic E-state index is 0.301. The molecule has 2 unspecified atom stereocenters. The Morgan fingerprint density at radius 1 is 1.23 bits per heavy atom. The Kier molecular flexibility index (Phi) is 3.43. The first-order valence-electron chi connectivity index (χ1n) is 3.43. The van der Waals surface area contributed by atoms with Crippen LogP contribution in [0.15, 0.2) is 0 Å². The summed E-state index contributed by atoms with van der Waals surface area (Å²) in [7, 11) is -5.90. The molecule has 0 aromatic carbocycles. The van der Waals surface area contributed by atoms with Crippen LogP contribution in [-0.2, 0) is 18.2 Å². The predicted octanol–water partition coefficient (Wildman–Crippen LogP) is 0.341. The highest BCUT2D eigenvalue weighted by Gasteiger charge is 2.56. The van der Waals surface area contributed by atoms with Gasteiger partial charge in [-0.05, 0) is 12.8 Å². The van der Waals surface area contributed by atoms with Gasteiger partial charge in [-0.1, -0.05) is 9.05 Å². The molecular weight excluding hydrogens is 220 g/mol. The Balaban J connectivity index is 2.61. The standard InChI is InChI=1S/C4H7NO6P2/c5-4(3-1-2-3,10-12(6)7)11-13(8)9/h3H,1-2,5H2/p+2. The van der Waals surface area contributed by atoms with Gasteiger partial charge in [-0.3, -0.25) is 5.73 Å². The molecule has 2 atom stereocenters. The van der Waals surface area contributed by atoms with E-state index < -0.39 is 22.4 Å². The maximum Gasteiger partial charge on any atom is 0.699 e. The predicted molar refractivity (Wildman–Crippen MR) is 41.5 cm³/mol. The SMILES string of the molecule is NC(O[P+](=O)O)(O[P+](=O)O)C1CC1. The van der Waals surface area contributed by atoms with E-state index in [0.29, 0.717) is 12.8 Å². The van der Waals surface area contributed by atoms with E-state index in [1.54, 1.807) is 0 Å². The van der Waals surface area contributed by atoms with Gasteiger partial charge in [0.1, 0.15) is 0 Å². The maximum absolute atomic E-state index is 10.3. The summed E-state index contributed by atoms with van der Waals surface area (Å²) in [6.45, 7) is 0. The first-order chi connectivity index (χ1) is 5.94. The summed E-state index contributed by atoms with van der Waals surface area (Å²) >= 11 is 0. The van der Waals surface area contributed by atoms with Gasteiger partial charge >= 0.3 is 22.4 Å². The van der Waals surface area contributed by atoms with Crippen molar-refractivity contribution in [2.45, 2.75) is 18.8 Å². The van der Waals surface area contributed by atoms with E-state index >= 15 is 0 Å². The molecule has 0 aromatic heterocycles. The van der Waals surface area contributed by atoms with E-state index in [-0.39, 0.29) is 5.92 Å². The molecule has 74 valence electrons. The van der Waals surface area contributed by atoms with Crippen molar-refractivity contribution in [3.8, 4) is 0 Å². The van der Waals surface area contributed by atoms with Gasteiger partial charge in [0, 0.05) is 15.0 Å². The summed E-state index contributed by atoms with van der Waals surface area (Å²) in [5, 5.41) is 0. The van der Waals surface area contributed by atoms with E-state index in [1.807, 2.05) is 0 Å². The molecule has 1 saturated carbocycles. The number of nitrogens with two attached hydrogens (primary N) is 1. The van der Waals surface area contributed by atoms with Crippen LogP contribution in [0.5, 0.6) is 0 Å². The van der Waals surface area contributed by atoms with Gasteiger partial charge in [0.25, 0.3) is 0 Å². The Bertz CT molecular complexity index is 225. The summed E-state index contributed by atoms with van der Waals surface area (Å²) in [6, 6.07) is 0. The molecule has 1 aliphatic rings. The molecule has 0 heterocycles. The third-order valence-corrected chi connectivity index (χ3v) is 2.47. The molecule has 0 radical (unpaired) electrons. The Hall–Kier alpha value is -0.0000000000000000763. The van der Waals surface area contributed by atoms with Crippen LogP contribution in [0.3, 0.4) is 0 Å². The second kappa shape index (κ2) is 4.02. The molecular formula is C4H9NO6P2+2. The van der Waals surface area contributed by atoms with Gasteiger partial charge in [0.15, 0.2) is 0 Å². The summed E-state index contributed by atoms with van der Waals surface area (Å²) in [5.41, 5.74) is 5.37. The molecule has 0 amide bonds. The molecule has 4 N–H and O–H groups in total. The van der Waals surface area contributed by atoms with Gasteiger partial charge < -0.3 is 0 Å². The fraction of sp³-hybridized carbons (Fsp3) is 1.00. The molecule has 13 heavy (non-hydrogen) atoms. The molecule has 0 spiro atoms. The molecule has 0 saturated heterocycles. The summed E-state index contributed by atoms with van der Waals surface area (Å²) < 4.78 is 29.3. The second-order valence-corrected chi connectivity index (χ2v) is 3.97. The van der Waals surface area contributed by atoms with Crippen molar-refractivity contribution in [1.82, 2.24) is 0 Å². The van der Waals surface area contributed by atoms with Crippen LogP contribution in [0.2, 0.25) is 0 Å². The van der Waals surface area contributed by atoms with Gasteiger partial charge in [0.05, 0.1) is 0 Å². The molecule has 1 aliphatic carbocycles. The topological polar surface area (TPSA) is 119 Å². The lowest BCUT2D eigenvalue weighted by Crippen LogP contribution is -2.44. The number of hydrogen-bond donors (Lipinski definition) is 3. The Morgan fingerprint density at radius 2 is 1.62 bits per heavy atom. The molecule has 1 fully saturated rings. The normalized spacial score (nSPS) is 23.6. The lowest BCUT2D eigenvalue weighted by atomic mass is 10.3. The lowest BCUT2D eigenvalue weighted by Gasteiger charge is -2.13. The zero-order chi connectivity index (χ0) is 10.1. The zero-order valence-electron chi connectivity index (χ0n) is 6.49. The summed E-state index contributed by atoms with van der Waals surface area (Å²) in [5.74, 6) is -2.21. The van der Waals surface area contributed by atoms with Crippen LogP contribution in [0.25, 0.3) is 0 Å². The minimum Gasteiger partial charge on any atom is -0.272 e. The van der Waals surface area contributed by atoms with Crippen LogP contribution in [0.4, 0.5) is 0 Å². The van der Waals surface area contributed by atoms with Crippen molar-refractivity contribution in [3.63, 3.8) is 0 Å². The first-order valence-corrected chi connectivity index (χ1v) is 5.69. The number of rotatable bonds is 5. The molecule has 0 aromatic rings. The summed E-state index contributed by atoms with van der Waals surface area (Å²) in [4.78, 5) is 16.9. The average Bonchev–Trinajstić information content (AvgIpc) is 2.60. The van der Waals surface area contributed by atoms with Crippen molar-refractivity contribution >= 4 is 16.5 Å². The third kappa shape index (κ3) is 3.32. The Morgan fingerprint density at radius 3 is 1.85 bits per heavy atom. The quantitative estimate of drug-likeness (QED) is 0.459. The van der Waals surface area contributed by atoms with E-state index in [0.717, 1.165) is 0 Å². The zero-order valence-corrected chi connectivity index (χ0v) is 8.28. The second-order valence-electron chi connectivity index (χ2n) is 2.65. The fourth-order valence-corrected chi connectivity index (χ4v) is 1.82. The lowest BCUT2D eigenvalue weighted by molar-refractivity contribution is -0.127. The minimum atomic E-state index is -2.95. The smallest absolute Gasteiger partial charge is 0.272 e. The third-order valence-electron chi connectivity index (χ3n) is 1.59. The Labute approximate surface area is 75.7 Å². The van der Waals surface area contributed by atoms with Gasteiger partial charge in [-0.25, -0.2) is 0 Å². The van der Waals surface area contributed by atoms with E-state index in [4.69, 9.17) is 15.5 Å². The average molecular weight is 229 g/mol. The monoisotopic (exact) mass is 229 g/mol. The molecule has 1 rings (SSSR count). The highest BCUT2D eigenvalue weighted by Crippen LogP contribution is 2.46. The maximum atomic E-state index is 10.3. The highest BCUT2D eigenvalue weighted by atomic mass is 31.1. The van der Waals surface area contributed by atoms with E-state index in [1.165, 1.54) is 0 Å². The van der Waals surface area contributed by atoms with Crippen LogP contribution >= 0.6 is 16.5 Å². The van der Waals surface area contributed by atoms with Crippen LogP contribution in [0, 0.1) is 5.92 Å². The first kappa shape index (κ1) is 11.1. The summed E-state index contributed by atoms with van der Waals surface area (Å²) in [6.07, 6.45) is 1.28. The van der Waals surface area contributed by atoms with Crippen LogP contribution in [0.1, 0.15) is 12.8 Å². The van der Waals surface area contributed by atoms with E-state index in [9.17, 15) is 9.13 Å². The molecule has 0 bridgehead atoms. The van der Waals surface area contributed by atoms with Crippen LogP contribution in [-0.4, -0.2) is 15.7 Å². The van der Waals surface area contributed by atoms with Crippen molar-refractivity contribution in [1.29, 1.82) is 0 Å². The van der Waals surface area contributed by atoms with Crippen LogP contribution < -0.4 is 5.73 Å². The van der Waals surface area contributed by atoms with Crippen molar-refractivity contribution < 1.29 is 28.0 Å². The highest BCUT2D eigenvalue weighted by molar-refractivity contribution is 7.33. The molecule has 9 heteroatoms. The van der Waals surface area contributed by atoms with Gasteiger partial charge in [0.2, 0.25) is 0 Å². The van der Waals surface area contributed by atoms with Crippen molar-refractivity contribution in [3.05, 3.63) is 0 Å². The van der Waals surface area contributed by atoms with E-state index in [2.05, 4.69) is 9.05 Å².